The summed E-state index contributed by atoms with van der Waals surface area (Å²) < 4.78 is 1.12. The molecule has 4 rings (SSSR count). The number of hydrogen-bond acceptors (Lipinski definition) is 4. The number of rotatable bonds is 8. The first kappa shape index (κ1) is 23.1. The largest absolute Gasteiger partial charge is 0.308 e. The van der Waals surface area contributed by atoms with Gasteiger partial charge in [-0.3, -0.25) is 9.69 Å². The summed E-state index contributed by atoms with van der Waals surface area (Å²) in [5.41, 5.74) is 5.71. The molecule has 0 aliphatic carbocycles. The lowest BCUT2D eigenvalue weighted by Gasteiger charge is -2.25. The smallest absolute Gasteiger partial charge is 0.229 e. The molecule has 0 aliphatic rings. The summed E-state index contributed by atoms with van der Waals surface area (Å²) in [7, 11) is 4.07. The van der Waals surface area contributed by atoms with Crippen LogP contribution in [-0.2, 0) is 4.79 Å². The highest BCUT2D eigenvalue weighted by atomic mass is 32.1. The van der Waals surface area contributed by atoms with Crippen LogP contribution in [0, 0.1) is 13.8 Å². The van der Waals surface area contributed by atoms with Gasteiger partial charge in [-0.15, -0.1) is 0 Å². The fourth-order valence-electron chi connectivity index (χ4n) is 4.04. The molecule has 0 aliphatic heterocycles. The van der Waals surface area contributed by atoms with Crippen molar-refractivity contribution in [1.82, 2.24) is 9.88 Å². The first-order valence-electron chi connectivity index (χ1n) is 11.4. The van der Waals surface area contributed by atoms with Gasteiger partial charge < -0.3 is 4.90 Å². The second kappa shape index (κ2) is 10.3. The second-order valence-corrected chi connectivity index (χ2v) is 9.79. The third-order valence-corrected chi connectivity index (χ3v) is 7.20. The average Bonchev–Trinajstić information content (AvgIpc) is 3.25. The molecule has 1 aromatic heterocycles. The predicted molar refractivity (Wildman–Crippen MR) is 139 cm³/mol. The van der Waals surface area contributed by atoms with Crippen LogP contribution in [0.5, 0.6) is 0 Å². The number of aryl methyl sites for hydroxylation is 2. The molecular weight excluding hydrogens is 426 g/mol. The van der Waals surface area contributed by atoms with E-state index in [1.54, 1.807) is 11.3 Å². The van der Waals surface area contributed by atoms with E-state index in [0.717, 1.165) is 33.0 Å². The molecule has 1 heterocycles. The van der Waals surface area contributed by atoms with E-state index in [4.69, 9.17) is 4.98 Å². The van der Waals surface area contributed by atoms with Crippen LogP contribution in [0.2, 0.25) is 0 Å². The van der Waals surface area contributed by atoms with Crippen LogP contribution in [0.1, 0.15) is 34.6 Å². The van der Waals surface area contributed by atoms with Gasteiger partial charge in [0.15, 0.2) is 5.13 Å². The monoisotopic (exact) mass is 457 g/mol. The van der Waals surface area contributed by atoms with E-state index < -0.39 is 0 Å². The maximum Gasteiger partial charge on any atom is 0.229 e. The molecule has 4 nitrogen and oxygen atoms in total. The fraction of sp³-hybridized carbons (Fsp3) is 0.286. The molecule has 0 bridgehead atoms. The lowest BCUT2D eigenvalue weighted by atomic mass is 9.88. The minimum absolute atomic E-state index is 0.000107. The lowest BCUT2D eigenvalue weighted by molar-refractivity contribution is -0.118. The highest BCUT2D eigenvalue weighted by molar-refractivity contribution is 7.22. The first-order chi connectivity index (χ1) is 15.9. The summed E-state index contributed by atoms with van der Waals surface area (Å²) in [5, 5.41) is 0.783. The van der Waals surface area contributed by atoms with E-state index in [0.29, 0.717) is 13.0 Å². The van der Waals surface area contributed by atoms with E-state index in [-0.39, 0.29) is 11.8 Å². The van der Waals surface area contributed by atoms with Crippen LogP contribution >= 0.6 is 11.3 Å². The molecule has 0 spiro atoms. The van der Waals surface area contributed by atoms with Crippen LogP contribution in [0.4, 0.5) is 5.13 Å². The van der Waals surface area contributed by atoms with Gasteiger partial charge in [-0.25, -0.2) is 4.98 Å². The van der Waals surface area contributed by atoms with Gasteiger partial charge in [-0.1, -0.05) is 78.1 Å². The number of carbonyl (C=O) groups excluding carboxylic acids is 1. The number of carbonyl (C=O) groups is 1. The van der Waals surface area contributed by atoms with Crippen LogP contribution in [-0.4, -0.2) is 43.0 Å². The van der Waals surface area contributed by atoms with Crippen LogP contribution < -0.4 is 4.90 Å². The van der Waals surface area contributed by atoms with Crippen molar-refractivity contribution >= 4 is 32.6 Å². The third-order valence-electron chi connectivity index (χ3n) is 6.16. The average molecular weight is 458 g/mol. The molecule has 4 aromatic rings. The number of thiazole rings is 1. The van der Waals surface area contributed by atoms with Crippen molar-refractivity contribution in [2.24, 2.45) is 0 Å². The van der Waals surface area contributed by atoms with Crippen LogP contribution in [0.15, 0.2) is 72.8 Å². The predicted octanol–water partition coefficient (Wildman–Crippen LogP) is 6.03. The summed E-state index contributed by atoms with van der Waals surface area (Å²) in [6.45, 7) is 5.60. The van der Waals surface area contributed by atoms with E-state index in [2.05, 4.69) is 55.1 Å². The zero-order valence-electron chi connectivity index (χ0n) is 19.8. The van der Waals surface area contributed by atoms with Crippen LogP contribution in [0.25, 0.3) is 10.2 Å². The molecule has 0 radical (unpaired) electrons. The Morgan fingerprint density at radius 2 is 1.48 bits per heavy atom. The quantitative estimate of drug-likeness (QED) is 0.324. The SMILES string of the molecule is Cc1ccc2sc(N(CCN(C)C)C(=O)CC(c3ccccc3)c3ccccc3)nc2c1C. The highest BCUT2D eigenvalue weighted by Crippen LogP contribution is 2.34. The summed E-state index contributed by atoms with van der Waals surface area (Å²) in [4.78, 5) is 22.7. The summed E-state index contributed by atoms with van der Waals surface area (Å²) in [6.07, 6.45) is 0.398. The van der Waals surface area contributed by atoms with Gasteiger partial charge >= 0.3 is 0 Å². The van der Waals surface area contributed by atoms with Crippen molar-refractivity contribution in [3.05, 3.63) is 95.1 Å². The Hall–Kier alpha value is -3.02. The lowest BCUT2D eigenvalue weighted by Crippen LogP contribution is -2.37. The maximum absolute atomic E-state index is 13.8. The molecule has 0 saturated carbocycles. The summed E-state index contributed by atoms with van der Waals surface area (Å²) in [6, 6.07) is 24.9. The van der Waals surface area contributed by atoms with Crippen molar-refractivity contribution in [1.29, 1.82) is 0 Å². The second-order valence-electron chi connectivity index (χ2n) is 8.78. The van der Waals surface area contributed by atoms with Crippen molar-refractivity contribution in [3.63, 3.8) is 0 Å². The molecule has 0 atom stereocenters. The summed E-state index contributed by atoms with van der Waals surface area (Å²) in [5.74, 6) is 0.100. The Kier molecular flexibility index (Phi) is 7.21. The number of amides is 1. The number of likely N-dealkylation sites (N-methyl/N-ethyl adjacent to an activating group) is 1. The van der Waals surface area contributed by atoms with Gasteiger partial charge in [0.25, 0.3) is 0 Å². The van der Waals surface area contributed by atoms with Gasteiger partial charge in [-0.05, 0) is 56.3 Å². The molecule has 170 valence electrons. The number of hydrogen-bond donors (Lipinski definition) is 0. The van der Waals surface area contributed by atoms with Crippen molar-refractivity contribution in [2.45, 2.75) is 26.2 Å². The number of nitrogens with zero attached hydrogens (tertiary/aromatic N) is 3. The molecule has 5 heteroatoms. The zero-order valence-corrected chi connectivity index (χ0v) is 20.6. The normalized spacial score (nSPS) is 11.5. The van der Waals surface area contributed by atoms with Gasteiger partial charge in [0.1, 0.15) is 0 Å². The minimum Gasteiger partial charge on any atom is -0.308 e. The number of benzene rings is 3. The molecule has 0 fully saturated rings. The number of fused-ring (bicyclic) bond motifs is 1. The Morgan fingerprint density at radius 3 is 2.06 bits per heavy atom. The molecule has 0 saturated heterocycles. The van der Waals surface area contributed by atoms with Gasteiger partial charge in [0.05, 0.1) is 10.2 Å². The maximum atomic E-state index is 13.8. The third kappa shape index (κ3) is 5.32. The van der Waals surface area contributed by atoms with E-state index in [1.165, 1.54) is 11.1 Å². The number of aromatic nitrogens is 1. The van der Waals surface area contributed by atoms with E-state index in [9.17, 15) is 4.79 Å². The molecular formula is C28H31N3OS. The Labute approximate surface area is 200 Å². The van der Waals surface area contributed by atoms with E-state index in [1.807, 2.05) is 55.4 Å². The topological polar surface area (TPSA) is 36.4 Å². The van der Waals surface area contributed by atoms with Crippen molar-refractivity contribution in [2.75, 3.05) is 32.1 Å². The highest BCUT2D eigenvalue weighted by Gasteiger charge is 2.25. The van der Waals surface area contributed by atoms with E-state index >= 15 is 0 Å². The molecule has 3 aromatic carbocycles. The molecule has 33 heavy (non-hydrogen) atoms. The molecule has 1 amide bonds. The van der Waals surface area contributed by atoms with Gasteiger partial charge in [-0.2, -0.15) is 0 Å². The number of anilines is 1. The van der Waals surface area contributed by atoms with Gasteiger partial charge in [0.2, 0.25) is 5.91 Å². The van der Waals surface area contributed by atoms with Gasteiger partial charge in [0, 0.05) is 25.4 Å². The van der Waals surface area contributed by atoms with Crippen molar-refractivity contribution in [3.8, 4) is 0 Å². The Morgan fingerprint density at radius 1 is 0.879 bits per heavy atom. The fourth-order valence-corrected chi connectivity index (χ4v) is 5.11. The molecule has 0 unspecified atom stereocenters. The minimum atomic E-state index is 0.000107. The first-order valence-corrected chi connectivity index (χ1v) is 12.2. The Bertz CT molecular complexity index is 1180. The Balaban J connectivity index is 1.69. The molecule has 0 N–H and O–H groups in total. The van der Waals surface area contributed by atoms with Crippen molar-refractivity contribution < 1.29 is 4.79 Å². The standard InChI is InChI=1S/C28H31N3OS/c1-20-15-16-25-27(21(20)2)29-28(33-25)31(18-17-30(3)4)26(32)19-24(22-11-7-5-8-12-22)23-13-9-6-10-14-23/h5-16,24H,17-19H2,1-4H3. The zero-order chi connectivity index (χ0) is 23.4. The van der Waals surface area contributed by atoms with Crippen LogP contribution in [0.3, 0.4) is 0 Å². The summed E-state index contributed by atoms with van der Waals surface area (Å²) >= 11 is 1.60.